The number of ether oxygens (including phenoxy) is 5. The molecule has 0 bridgehead atoms. The first kappa shape index (κ1) is 31.1. The zero-order valence-electron chi connectivity index (χ0n) is 23.8. The summed E-state index contributed by atoms with van der Waals surface area (Å²) in [6, 6.07) is 12.2. The van der Waals surface area contributed by atoms with Gasteiger partial charge in [-0.2, -0.15) is 0 Å². The van der Waals surface area contributed by atoms with E-state index in [4.69, 9.17) is 46.9 Å². The monoisotopic (exact) mass is 613 g/mol. The molecule has 0 saturated carbocycles. The van der Waals surface area contributed by atoms with Crippen LogP contribution in [0.4, 0.5) is 4.79 Å². The summed E-state index contributed by atoms with van der Waals surface area (Å²) in [5.74, 6) is 0.847. The van der Waals surface area contributed by atoms with Gasteiger partial charge < -0.3 is 29.0 Å². The summed E-state index contributed by atoms with van der Waals surface area (Å²) in [6.45, 7) is 5.54. The number of allylic oxidation sites excluding steroid dienone is 4. The highest BCUT2D eigenvalue weighted by Gasteiger charge is 2.30. The van der Waals surface area contributed by atoms with Crippen LogP contribution in [0.15, 0.2) is 90.3 Å². The fourth-order valence-electron chi connectivity index (χ4n) is 4.38. The van der Waals surface area contributed by atoms with Gasteiger partial charge in [0.25, 0.3) is 0 Å². The van der Waals surface area contributed by atoms with Gasteiger partial charge in [-0.25, -0.2) is 9.59 Å². The van der Waals surface area contributed by atoms with Crippen LogP contribution in [0.1, 0.15) is 50.7 Å². The highest BCUT2D eigenvalue weighted by Crippen LogP contribution is 2.39. The summed E-state index contributed by atoms with van der Waals surface area (Å²) in [6.07, 6.45) is 8.89. The van der Waals surface area contributed by atoms with Crippen molar-refractivity contribution in [3.8, 4) is 5.75 Å². The van der Waals surface area contributed by atoms with Crippen LogP contribution >= 0.6 is 23.2 Å². The molecule has 2 aliphatic rings. The van der Waals surface area contributed by atoms with E-state index in [0.717, 1.165) is 23.1 Å². The Balaban J connectivity index is 1.44. The molecule has 0 radical (unpaired) electrons. The summed E-state index contributed by atoms with van der Waals surface area (Å²) >= 11 is 12.2. The van der Waals surface area contributed by atoms with Crippen LogP contribution in [-0.4, -0.2) is 30.8 Å². The third-order valence-corrected chi connectivity index (χ3v) is 7.03. The molecule has 2 aromatic carbocycles. The Labute approximate surface area is 255 Å². The van der Waals surface area contributed by atoms with E-state index in [-0.39, 0.29) is 12.3 Å². The van der Waals surface area contributed by atoms with E-state index in [0.29, 0.717) is 33.9 Å². The largest absolute Gasteiger partial charge is 0.489 e. The van der Waals surface area contributed by atoms with Crippen LogP contribution in [-0.2, 0) is 30.3 Å². The second-order valence-electron chi connectivity index (χ2n) is 10.7. The number of methoxy groups -OCH3 is 1. The van der Waals surface area contributed by atoms with Gasteiger partial charge in [0, 0.05) is 17.9 Å². The molecule has 0 spiro atoms. The van der Waals surface area contributed by atoms with Crippen LogP contribution in [0, 0.1) is 0 Å². The minimum absolute atomic E-state index is 0.00488. The molecule has 2 atom stereocenters. The minimum atomic E-state index is -1.04. The maximum absolute atomic E-state index is 12.4. The molecule has 1 N–H and O–H groups in total. The number of esters is 1. The van der Waals surface area contributed by atoms with Crippen molar-refractivity contribution in [1.82, 2.24) is 5.32 Å². The van der Waals surface area contributed by atoms with Crippen molar-refractivity contribution in [2.45, 2.75) is 57.8 Å². The molecule has 0 unspecified atom stereocenters. The Hall–Kier alpha value is -3.88. The number of rotatable bonds is 9. The summed E-state index contributed by atoms with van der Waals surface area (Å²) in [4.78, 5) is 24.8. The van der Waals surface area contributed by atoms with Crippen LogP contribution in [0.5, 0.6) is 5.75 Å². The molecule has 10 heteroatoms. The fourth-order valence-corrected chi connectivity index (χ4v) is 4.70. The molecule has 1 amide bonds. The Kier molecular flexibility index (Phi) is 10.2. The number of carbonyl (C=O) groups excluding carboxylic acids is 2. The van der Waals surface area contributed by atoms with Crippen molar-refractivity contribution in [2.24, 2.45) is 0 Å². The summed E-state index contributed by atoms with van der Waals surface area (Å²) in [7, 11) is 1.25. The lowest BCUT2D eigenvalue weighted by Crippen LogP contribution is -2.44. The number of alkyl carbamates (subject to hydrolysis) is 1. The maximum atomic E-state index is 12.4. The first-order chi connectivity index (χ1) is 20.0. The Morgan fingerprint density at radius 3 is 2.64 bits per heavy atom. The van der Waals surface area contributed by atoms with E-state index >= 15 is 0 Å². The average Bonchev–Trinajstić information content (AvgIpc) is 2.96. The van der Waals surface area contributed by atoms with Gasteiger partial charge in [0.05, 0.1) is 17.2 Å². The van der Waals surface area contributed by atoms with Gasteiger partial charge in [0.15, 0.2) is 5.76 Å². The number of carbonyl (C=O) groups is 2. The predicted molar refractivity (Wildman–Crippen MR) is 160 cm³/mol. The zero-order chi connectivity index (χ0) is 30.3. The second kappa shape index (κ2) is 13.9. The normalized spacial score (nSPS) is 17.0. The number of amides is 1. The molecular weight excluding hydrogens is 581 g/mol. The highest BCUT2D eigenvalue weighted by atomic mass is 35.5. The average molecular weight is 615 g/mol. The van der Waals surface area contributed by atoms with Gasteiger partial charge >= 0.3 is 12.1 Å². The van der Waals surface area contributed by atoms with Crippen molar-refractivity contribution in [2.75, 3.05) is 7.11 Å². The standard InChI is InChI=1S/C32H33Cl2NO7/c1-32(2,3)42-31(37)35-28(30(36)38-4)16-23-18-39-19-29(41-23)25-11-6-5-10-24(25)21-8-7-9-22(15-21)40-17-20-12-13-26(33)27(34)14-20/h5-9,11-15,18-19,24,28H,10,16-17H2,1-4H3,(H,35,37)/t24-,28+/m1/s1. The molecule has 8 nitrogen and oxygen atoms in total. The number of nitrogens with one attached hydrogen (secondary N) is 1. The van der Waals surface area contributed by atoms with Gasteiger partial charge in [0.1, 0.15) is 42.3 Å². The van der Waals surface area contributed by atoms with Crippen molar-refractivity contribution >= 4 is 35.3 Å². The molecule has 222 valence electrons. The number of hydrogen-bond donors (Lipinski definition) is 1. The van der Waals surface area contributed by atoms with Gasteiger partial charge in [-0.1, -0.05) is 59.6 Å². The lowest BCUT2D eigenvalue weighted by atomic mass is 9.84. The summed E-state index contributed by atoms with van der Waals surface area (Å²) in [5.41, 5.74) is 2.09. The van der Waals surface area contributed by atoms with Gasteiger partial charge in [-0.15, -0.1) is 0 Å². The number of halogens is 2. The molecule has 2 aromatic rings. The van der Waals surface area contributed by atoms with Gasteiger partial charge in [0.2, 0.25) is 0 Å². The molecule has 0 aromatic heterocycles. The first-order valence-electron chi connectivity index (χ1n) is 13.4. The molecular formula is C32H33Cl2NO7. The molecule has 1 heterocycles. The van der Waals surface area contributed by atoms with Crippen molar-refractivity contribution in [3.05, 3.63) is 111 Å². The minimum Gasteiger partial charge on any atom is -0.489 e. The smallest absolute Gasteiger partial charge is 0.408 e. The van der Waals surface area contributed by atoms with Crippen LogP contribution in [0.3, 0.4) is 0 Å². The topological polar surface area (TPSA) is 92.3 Å². The van der Waals surface area contributed by atoms with Crippen LogP contribution in [0.25, 0.3) is 0 Å². The van der Waals surface area contributed by atoms with E-state index in [1.807, 2.05) is 42.5 Å². The van der Waals surface area contributed by atoms with E-state index in [9.17, 15) is 9.59 Å². The highest BCUT2D eigenvalue weighted by molar-refractivity contribution is 6.42. The molecule has 1 aliphatic carbocycles. The number of benzene rings is 2. The van der Waals surface area contributed by atoms with Crippen molar-refractivity contribution in [3.63, 3.8) is 0 Å². The van der Waals surface area contributed by atoms with Crippen molar-refractivity contribution < 1.29 is 33.3 Å². The fraction of sp³-hybridized carbons (Fsp3) is 0.312. The van der Waals surface area contributed by atoms with Gasteiger partial charge in [-0.05, 0) is 62.6 Å². The van der Waals surface area contributed by atoms with Crippen LogP contribution in [0.2, 0.25) is 10.0 Å². The Morgan fingerprint density at radius 2 is 1.90 bits per heavy atom. The van der Waals surface area contributed by atoms with E-state index in [1.165, 1.54) is 19.6 Å². The molecule has 4 rings (SSSR count). The van der Waals surface area contributed by atoms with Crippen molar-refractivity contribution in [1.29, 1.82) is 0 Å². The summed E-state index contributed by atoms with van der Waals surface area (Å²) in [5, 5.41) is 3.52. The predicted octanol–water partition coefficient (Wildman–Crippen LogP) is 7.73. The SMILES string of the molecule is COC(=O)[C@H](CC1=COC=C(C2=CC=CC[C@@H]2c2cccc(OCc3ccc(Cl)c(Cl)c3)c2)O1)NC(=O)OC(C)(C)C. The summed E-state index contributed by atoms with van der Waals surface area (Å²) < 4.78 is 28.0. The molecule has 1 aliphatic heterocycles. The number of hydrogen-bond acceptors (Lipinski definition) is 7. The van der Waals surface area contributed by atoms with E-state index in [1.54, 1.807) is 32.9 Å². The lowest BCUT2D eigenvalue weighted by molar-refractivity contribution is -0.143. The Morgan fingerprint density at radius 1 is 1.10 bits per heavy atom. The van der Waals surface area contributed by atoms with E-state index < -0.39 is 23.7 Å². The molecule has 42 heavy (non-hydrogen) atoms. The zero-order valence-corrected chi connectivity index (χ0v) is 25.3. The second-order valence-corrected chi connectivity index (χ2v) is 11.5. The molecule has 0 fully saturated rings. The lowest BCUT2D eigenvalue weighted by Gasteiger charge is -2.27. The van der Waals surface area contributed by atoms with Crippen LogP contribution < -0.4 is 10.1 Å². The Bertz CT molecular complexity index is 1440. The third-order valence-electron chi connectivity index (χ3n) is 6.29. The van der Waals surface area contributed by atoms with E-state index in [2.05, 4.69) is 11.4 Å². The first-order valence-corrected chi connectivity index (χ1v) is 14.1. The maximum Gasteiger partial charge on any atom is 0.408 e. The molecule has 0 saturated heterocycles. The quantitative estimate of drug-likeness (QED) is 0.289. The third kappa shape index (κ3) is 8.57. The van der Waals surface area contributed by atoms with Gasteiger partial charge in [-0.3, -0.25) is 0 Å².